The van der Waals surface area contributed by atoms with E-state index in [1.165, 1.54) is 4.88 Å². The molecule has 1 aromatic carbocycles. The van der Waals surface area contributed by atoms with E-state index < -0.39 is 0 Å². The van der Waals surface area contributed by atoms with Crippen molar-refractivity contribution in [2.75, 3.05) is 32.3 Å². The molecule has 4 aromatic rings. The smallest absolute Gasteiger partial charge is 0.141 e. The molecule has 144 valence electrons. The first kappa shape index (κ1) is 18.9. The summed E-state index contributed by atoms with van der Waals surface area (Å²) in [4.78, 5) is 13.8. The number of nitrogens with zero attached hydrogens (tertiary/aromatic N) is 3. The number of benzene rings is 1. The van der Waals surface area contributed by atoms with Crippen LogP contribution in [0.5, 0.6) is 5.75 Å². The van der Waals surface area contributed by atoms with E-state index in [0.29, 0.717) is 6.61 Å². The number of thiophene rings is 2. The molecular weight excluding hydrogens is 390 g/mol. The number of ether oxygens (including phenoxy) is 2. The van der Waals surface area contributed by atoms with Crippen molar-refractivity contribution >= 4 is 38.7 Å². The second kappa shape index (κ2) is 8.68. The highest BCUT2D eigenvalue weighted by atomic mass is 32.1. The van der Waals surface area contributed by atoms with Crippen LogP contribution >= 0.6 is 22.7 Å². The summed E-state index contributed by atoms with van der Waals surface area (Å²) >= 11 is 3.40. The molecule has 0 bridgehead atoms. The third-order valence-corrected chi connectivity index (χ3v) is 6.29. The van der Waals surface area contributed by atoms with Crippen LogP contribution in [0.2, 0.25) is 0 Å². The minimum atomic E-state index is 0.638. The monoisotopic (exact) mass is 411 g/mol. The molecule has 0 aliphatic carbocycles. The second-order valence-corrected chi connectivity index (χ2v) is 8.14. The molecule has 0 aliphatic heterocycles. The Bertz CT molecular complexity index is 1030. The highest BCUT2D eigenvalue weighted by molar-refractivity contribution is 7.17. The van der Waals surface area contributed by atoms with Gasteiger partial charge in [0.25, 0.3) is 0 Å². The van der Waals surface area contributed by atoms with Crippen molar-refractivity contribution in [1.82, 2.24) is 9.97 Å². The van der Waals surface area contributed by atoms with E-state index in [4.69, 9.17) is 9.47 Å². The topological polar surface area (TPSA) is 47.5 Å². The molecule has 3 heterocycles. The van der Waals surface area contributed by atoms with Gasteiger partial charge in [0, 0.05) is 29.5 Å². The van der Waals surface area contributed by atoms with Crippen LogP contribution in [-0.2, 0) is 11.3 Å². The molecule has 0 N–H and O–H groups in total. The molecule has 0 radical (unpaired) electrons. The van der Waals surface area contributed by atoms with E-state index in [-0.39, 0.29) is 0 Å². The van der Waals surface area contributed by atoms with Crippen LogP contribution in [0.3, 0.4) is 0 Å². The van der Waals surface area contributed by atoms with E-state index in [0.717, 1.165) is 46.0 Å². The molecule has 0 saturated heterocycles. The summed E-state index contributed by atoms with van der Waals surface area (Å²) in [5, 5.41) is 5.35. The standard InChI is InChI=1S/C21H21N3O2S2/c1-25-10-9-24(12-17-4-3-11-27-17)20-19-18(13-28-21(19)23-14-22-20)15-5-7-16(26-2)8-6-15/h3-8,11,13-14H,9-10,12H2,1-2H3. The predicted octanol–water partition coefficient (Wildman–Crippen LogP) is 5.08. The minimum absolute atomic E-state index is 0.638. The summed E-state index contributed by atoms with van der Waals surface area (Å²) in [6, 6.07) is 12.4. The average Bonchev–Trinajstić information content (AvgIpc) is 3.41. The van der Waals surface area contributed by atoms with E-state index >= 15 is 0 Å². The van der Waals surface area contributed by atoms with Crippen molar-refractivity contribution in [2.24, 2.45) is 0 Å². The van der Waals surface area contributed by atoms with E-state index in [9.17, 15) is 0 Å². The van der Waals surface area contributed by atoms with Crippen LogP contribution in [0.25, 0.3) is 21.3 Å². The molecule has 0 fully saturated rings. The number of hydrogen-bond acceptors (Lipinski definition) is 7. The summed E-state index contributed by atoms with van der Waals surface area (Å²) in [5.41, 5.74) is 2.28. The third kappa shape index (κ3) is 3.87. The summed E-state index contributed by atoms with van der Waals surface area (Å²) in [6.07, 6.45) is 1.65. The third-order valence-electron chi connectivity index (χ3n) is 4.54. The van der Waals surface area contributed by atoms with Gasteiger partial charge in [-0.2, -0.15) is 0 Å². The molecule has 0 unspecified atom stereocenters. The summed E-state index contributed by atoms with van der Waals surface area (Å²) in [6.45, 7) is 2.20. The molecule has 0 atom stereocenters. The fourth-order valence-corrected chi connectivity index (χ4v) is 4.76. The van der Waals surface area contributed by atoms with E-state index in [2.05, 4.69) is 49.9 Å². The predicted molar refractivity (Wildman–Crippen MR) is 117 cm³/mol. The zero-order valence-corrected chi connectivity index (χ0v) is 17.4. The van der Waals surface area contributed by atoms with Crippen molar-refractivity contribution in [1.29, 1.82) is 0 Å². The lowest BCUT2D eigenvalue weighted by Crippen LogP contribution is -2.27. The van der Waals surface area contributed by atoms with Crippen molar-refractivity contribution in [3.05, 3.63) is 58.4 Å². The van der Waals surface area contributed by atoms with Gasteiger partial charge in [-0.25, -0.2) is 9.97 Å². The van der Waals surface area contributed by atoms with Gasteiger partial charge in [0.15, 0.2) is 0 Å². The maximum atomic E-state index is 5.35. The van der Waals surface area contributed by atoms with Crippen LogP contribution in [0.15, 0.2) is 53.5 Å². The zero-order valence-electron chi connectivity index (χ0n) is 15.8. The fourth-order valence-electron chi connectivity index (χ4n) is 3.13. The largest absolute Gasteiger partial charge is 0.497 e. The van der Waals surface area contributed by atoms with E-state index in [1.807, 2.05) is 12.1 Å². The SMILES string of the molecule is COCCN(Cc1cccs1)c1ncnc2scc(-c3ccc(OC)cc3)c12. The van der Waals surface area contributed by atoms with Gasteiger partial charge >= 0.3 is 0 Å². The van der Waals surface area contributed by atoms with Gasteiger partial charge in [0.05, 0.1) is 25.6 Å². The normalized spacial score (nSPS) is 11.1. The number of aromatic nitrogens is 2. The van der Waals surface area contributed by atoms with Crippen molar-refractivity contribution in [3.63, 3.8) is 0 Å². The Labute approximate surface area is 172 Å². The van der Waals surface area contributed by atoms with Crippen LogP contribution in [0, 0.1) is 0 Å². The molecule has 0 saturated carbocycles. The van der Waals surface area contributed by atoms with Crippen LogP contribution in [0.1, 0.15) is 4.88 Å². The number of hydrogen-bond donors (Lipinski definition) is 0. The quantitative estimate of drug-likeness (QED) is 0.405. The van der Waals surface area contributed by atoms with Crippen LogP contribution in [0.4, 0.5) is 5.82 Å². The molecule has 0 spiro atoms. The lowest BCUT2D eigenvalue weighted by Gasteiger charge is -2.24. The first-order valence-corrected chi connectivity index (χ1v) is 10.7. The Balaban J connectivity index is 1.79. The molecule has 3 aromatic heterocycles. The molecule has 0 aliphatic rings. The first-order chi connectivity index (χ1) is 13.8. The maximum Gasteiger partial charge on any atom is 0.141 e. The summed E-state index contributed by atoms with van der Waals surface area (Å²) in [5.74, 6) is 1.79. The second-order valence-electron chi connectivity index (χ2n) is 6.25. The van der Waals surface area contributed by atoms with Gasteiger partial charge in [-0.05, 0) is 29.1 Å². The number of rotatable bonds is 8. The van der Waals surface area contributed by atoms with Gasteiger partial charge in [0.1, 0.15) is 22.7 Å². The highest BCUT2D eigenvalue weighted by Gasteiger charge is 2.18. The van der Waals surface area contributed by atoms with Gasteiger partial charge in [-0.15, -0.1) is 22.7 Å². The Hall–Kier alpha value is -2.48. The minimum Gasteiger partial charge on any atom is -0.497 e. The zero-order chi connectivity index (χ0) is 19.3. The molecule has 5 nitrogen and oxygen atoms in total. The van der Waals surface area contributed by atoms with Crippen molar-refractivity contribution < 1.29 is 9.47 Å². The first-order valence-electron chi connectivity index (χ1n) is 8.93. The average molecular weight is 412 g/mol. The lowest BCUT2D eigenvalue weighted by atomic mass is 10.1. The Kier molecular flexibility index (Phi) is 5.85. The fraction of sp³-hybridized carbons (Fsp3) is 0.238. The molecule has 4 rings (SSSR count). The van der Waals surface area contributed by atoms with Gasteiger partial charge in [-0.3, -0.25) is 0 Å². The number of fused-ring (bicyclic) bond motifs is 1. The van der Waals surface area contributed by atoms with Crippen LogP contribution in [-0.4, -0.2) is 37.3 Å². The molecular formula is C21H21N3O2S2. The number of methoxy groups -OCH3 is 2. The van der Waals surface area contributed by atoms with Gasteiger partial charge in [0.2, 0.25) is 0 Å². The Morgan fingerprint density at radius 3 is 2.61 bits per heavy atom. The Morgan fingerprint density at radius 1 is 1.04 bits per heavy atom. The van der Waals surface area contributed by atoms with Crippen molar-refractivity contribution in [2.45, 2.75) is 6.54 Å². The molecule has 7 heteroatoms. The number of anilines is 1. The highest BCUT2D eigenvalue weighted by Crippen LogP contribution is 2.38. The summed E-state index contributed by atoms with van der Waals surface area (Å²) in [7, 11) is 3.41. The van der Waals surface area contributed by atoms with Gasteiger partial charge < -0.3 is 14.4 Å². The summed E-state index contributed by atoms with van der Waals surface area (Å²) < 4.78 is 10.6. The molecule has 28 heavy (non-hydrogen) atoms. The van der Waals surface area contributed by atoms with E-state index in [1.54, 1.807) is 43.2 Å². The van der Waals surface area contributed by atoms with Crippen LogP contribution < -0.4 is 9.64 Å². The lowest BCUT2D eigenvalue weighted by molar-refractivity contribution is 0.205. The molecule has 0 amide bonds. The maximum absolute atomic E-state index is 5.35. The Morgan fingerprint density at radius 2 is 1.89 bits per heavy atom. The van der Waals surface area contributed by atoms with Gasteiger partial charge in [-0.1, -0.05) is 18.2 Å². The van der Waals surface area contributed by atoms with Crippen molar-refractivity contribution in [3.8, 4) is 16.9 Å².